The van der Waals surface area contributed by atoms with Crippen LogP contribution in [0, 0.1) is 0 Å². The summed E-state index contributed by atoms with van der Waals surface area (Å²) in [7, 11) is 0. The molecule has 0 radical (unpaired) electrons. The van der Waals surface area contributed by atoms with E-state index in [0.717, 1.165) is 0 Å². The Bertz CT molecular complexity index is 624. The Morgan fingerprint density at radius 2 is 1.67 bits per heavy atom. The molecule has 1 N–H and O–H groups in total. The van der Waals surface area contributed by atoms with Gasteiger partial charge in [0.05, 0.1) is 10.6 Å². The monoisotopic (exact) mass is 300 g/mol. The van der Waals surface area contributed by atoms with E-state index in [0.29, 0.717) is 21.2 Å². The molecule has 0 aromatic heterocycles. The third-order valence-corrected chi connectivity index (χ3v) is 3.31. The van der Waals surface area contributed by atoms with Crippen molar-refractivity contribution in [1.29, 1.82) is 0 Å². The fourth-order valence-corrected chi connectivity index (χ4v) is 2.44. The molecular weight excluding hydrogens is 294 g/mol. The summed E-state index contributed by atoms with van der Waals surface area (Å²) in [6.45, 7) is 0. The number of carboxylic acids is 1. The molecule has 0 saturated heterocycles. The standard InChI is InChI=1S/C13H7Cl3O2/c14-7-4-5-8(11(16)6-7)9-2-1-3-10(15)12(9)13(17)18/h1-6H,(H,17,18). The van der Waals surface area contributed by atoms with Gasteiger partial charge in [-0.15, -0.1) is 0 Å². The maximum absolute atomic E-state index is 11.2. The van der Waals surface area contributed by atoms with Crippen molar-refractivity contribution in [3.8, 4) is 11.1 Å². The first-order valence-corrected chi connectivity index (χ1v) is 6.11. The molecule has 0 aliphatic heterocycles. The summed E-state index contributed by atoms with van der Waals surface area (Å²) < 4.78 is 0. The quantitative estimate of drug-likeness (QED) is 0.846. The highest BCUT2D eigenvalue weighted by atomic mass is 35.5. The Hall–Kier alpha value is -1.22. The summed E-state index contributed by atoms with van der Waals surface area (Å²) in [5, 5.41) is 10.2. The number of carbonyl (C=O) groups is 1. The van der Waals surface area contributed by atoms with Gasteiger partial charge >= 0.3 is 5.97 Å². The first-order valence-electron chi connectivity index (χ1n) is 4.98. The number of hydrogen-bond donors (Lipinski definition) is 1. The predicted molar refractivity (Wildman–Crippen MR) is 73.9 cm³/mol. The molecule has 0 heterocycles. The van der Waals surface area contributed by atoms with Gasteiger partial charge in [0.2, 0.25) is 0 Å². The Morgan fingerprint density at radius 3 is 2.28 bits per heavy atom. The van der Waals surface area contributed by atoms with Gasteiger partial charge in [-0.3, -0.25) is 0 Å². The van der Waals surface area contributed by atoms with E-state index in [9.17, 15) is 9.90 Å². The first-order chi connectivity index (χ1) is 8.50. The van der Waals surface area contributed by atoms with Crippen LogP contribution in [0.3, 0.4) is 0 Å². The summed E-state index contributed by atoms with van der Waals surface area (Å²) in [4.78, 5) is 11.2. The lowest BCUT2D eigenvalue weighted by Gasteiger charge is -2.09. The summed E-state index contributed by atoms with van der Waals surface area (Å²) >= 11 is 17.8. The fourth-order valence-electron chi connectivity index (χ4n) is 1.67. The van der Waals surface area contributed by atoms with Crippen LogP contribution in [0.25, 0.3) is 11.1 Å². The molecule has 2 aromatic carbocycles. The number of carboxylic acid groups (broad SMARTS) is 1. The van der Waals surface area contributed by atoms with Crippen molar-refractivity contribution in [1.82, 2.24) is 0 Å². The van der Waals surface area contributed by atoms with Crippen molar-refractivity contribution in [3.05, 3.63) is 57.0 Å². The van der Waals surface area contributed by atoms with E-state index in [-0.39, 0.29) is 10.6 Å². The zero-order valence-electron chi connectivity index (χ0n) is 8.95. The molecule has 0 atom stereocenters. The van der Waals surface area contributed by atoms with Gasteiger partial charge in [-0.2, -0.15) is 0 Å². The van der Waals surface area contributed by atoms with Crippen LogP contribution in [0.1, 0.15) is 10.4 Å². The van der Waals surface area contributed by atoms with Crippen LogP contribution in [-0.4, -0.2) is 11.1 Å². The van der Waals surface area contributed by atoms with Crippen molar-refractivity contribution in [2.45, 2.75) is 0 Å². The van der Waals surface area contributed by atoms with Crippen LogP contribution in [-0.2, 0) is 0 Å². The average molecular weight is 302 g/mol. The number of aromatic carboxylic acids is 1. The van der Waals surface area contributed by atoms with Crippen LogP contribution in [0.5, 0.6) is 0 Å². The number of hydrogen-bond acceptors (Lipinski definition) is 1. The molecule has 18 heavy (non-hydrogen) atoms. The van der Waals surface area contributed by atoms with Crippen LogP contribution in [0.4, 0.5) is 0 Å². The molecule has 2 aromatic rings. The van der Waals surface area contributed by atoms with Gasteiger partial charge in [0, 0.05) is 15.6 Å². The van der Waals surface area contributed by atoms with Crippen molar-refractivity contribution in [3.63, 3.8) is 0 Å². The lowest BCUT2D eigenvalue weighted by molar-refractivity contribution is 0.0698. The SMILES string of the molecule is O=C(O)c1c(Cl)cccc1-c1ccc(Cl)cc1Cl. The third-order valence-electron chi connectivity index (χ3n) is 2.45. The summed E-state index contributed by atoms with van der Waals surface area (Å²) in [5.41, 5.74) is 1.08. The molecule has 0 spiro atoms. The molecule has 2 nitrogen and oxygen atoms in total. The summed E-state index contributed by atoms with van der Waals surface area (Å²) in [6, 6.07) is 9.74. The molecular formula is C13H7Cl3O2. The Kier molecular flexibility index (Phi) is 3.81. The van der Waals surface area contributed by atoms with Gasteiger partial charge in [0.1, 0.15) is 0 Å². The highest BCUT2D eigenvalue weighted by molar-refractivity contribution is 6.37. The molecule has 0 bridgehead atoms. The highest BCUT2D eigenvalue weighted by Gasteiger charge is 2.17. The lowest BCUT2D eigenvalue weighted by atomic mass is 9.99. The minimum Gasteiger partial charge on any atom is -0.478 e. The minimum absolute atomic E-state index is 0.0309. The second-order valence-corrected chi connectivity index (χ2v) is 4.84. The van der Waals surface area contributed by atoms with E-state index in [1.807, 2.05) is 0 Å². The van der Waals surface area contributed by atoms with Crippen molar-refractivity contribution in [2.24, 2.45) is 0 Å². The van der Waals surface area contributed by atoms with Gasteiger partial charge < -0.3 is 5.11 Å². The van der Waals surface area contributed by atoms with Gasteiger partial charge in [-0.25, -0.2) is 4.79 Å². The van der Waals surface area contributed by atoms with E-state index in [2.05, 4.69) is 0 Å². The number of halogens is 3. The van der Waals surface area contributed by atoms with Crippen molar-refractivity contribution in [2.75, 3.05) is 0 Å². The third kappa shape index (κ3) is 2.46. The molecule has 0 saturated carbocycles. The van der Waals surface area contributed by atoms with Gasteiger partial charge in [-0.1, -0.05) is 53.0 Å². The molecule has 0 fully saturated rings. The number of benzene rings is 2. The molecule has 5 heteroatoms. The van der Waals surface area contributed by atoms with Gasteiger partial charge in [0.25, 0.3) is 0 Å². The van der Waals surface area contributed by atoms with Gasteiger partial charge in [0.15, 0.2) is 0 Å². The molecule has 0 amide bonds. The normalized spacial score (nSPS) is 10.4. The maximum atomic E-state index is 11.2. The minimum atomic E-state index is -1.10. The van der Waals surface area contributed by atoms with E-state index in [1.54, 1.807) is 30.3 Å². The van der Waals surface area contributed by atoms with Gasteiger partial charge in [-0.05, 0) is 23.8 Å². The van der Waals surface area contributed by atoms with Crippen molar-refractivity contribution < 1.29 is 9.90 Å². The van der Waals surface area contributed by atoms with Crippen LogP contribution < -0.4 is 0 Å². The molecule has 2 rings (SSSR count). The van der Waals surface area contributed by atoms with Crippen LogP contribution in [0.15, 0.2) is 36.4 Å². The fraction of sp³-hybridized carbons (Fsp3) is 0. The summed E-state index contributed by atoms with van der Waals surface area (Å²) in [5.74, 6) is -1.10. The predicted octanol–water partition coefficient (Wildman–Crippen LogP) is 5.01. The second-order valence-electron chi connectivity index (χ2n) is 3.59. The zero-order chi connectivity index (χ0) is 13.3. The zero-order valence-corrected chi connectivity index (χ0v) is 11.2. The molecule has 92 valence electrons. The van der Waals surface area contributed by atoms with E-state index < -0.39 is 5.97 Å². The number of rotatable bonds is 2. The second kappa shape index (κ2) is 5.19. The topological polar surface area (TPSA) is 37.3 Å². The van der Waals surface area contributed by atoms with E-state index >= 15 is 0 Å². The van der Waals surface area contributed by atoms with Crippen LogP contribution in [0.2, 0.25) is 15.1 Å². The average Bonchev–Trinajstić information content (AvgIpc) is 2.28. The Labute approximate surface area is 119 Å². The first kappa shape index (κ1) is 13.2. The Balaban J connectivity index is 2.71. The van der Waals surface area contributed by atoms with Crippen LogP contribution >= 0.6 is 34.8 Å². The smallest absolute Gasteiger partial charge is 0.337 e. The summed E-state index contributed by atoms with van der Waals surface area (Å²) in [6.07, 6.45) is 0. The largest absolute Gasteiger partial charge is 0.478 e. The van der Waals surface area contributed by atoms with Crippen molar-refractivity contribution >= 4 is 40.8 Å². The Morgan fingerprint density at radius 1 is 0.944 bits per heavy atom. The lowest BCUT2D eigenvalue weighted by Crippen LogP contribution is -2.00. The maximum Gasteiger partial charge on any atom is 0.337 e. The molecule has 0 aliphatic carbocycles. The molecule has 0 unspecified atom stereocenters. The molecule has 0 aliphatic rings. The van der Waals surface area contributed by atoms with E-state index in [4.69, 9.17) is 34.8 Å². The highest BCUT2D eigenvalue weighted by Crippen LogP contribution is 2.35. The van der Waals surface area contributed by atoms with E-state index in [1.165, 1.54) is 6.07 Å².